The Balaban J connectivity index is 1.74. The first-order valence-corrected chi connectivity index (χ1v) is 15.9. The fraction of sp³-hybridized carbons (Fsp3) is 0.267. The zero-order valence-corrected chi connectivity index (χ0v) is 23.9. The number of methoxy groups -OCH3 is 1. The molecule has 6 nitrogen and oxygen atoms in total. The van der Waals surface area contributed by atoms with Crippen molar-refractivity contribution in [2.45, 2.75) is 43.1 Å². The zero-order valence-electron chi connectivity index (χ0n) is 22.3. The molecule has 1 heterocycles. The predicted molar refractivity (Wildman–Crippen MR) is 151 cm³/mol. The molecule has 3 aromatic carbocycles. The van der Waals surface area contributed by atoms with Gasteiger partial charge < -0.3 is 9.30 Å². The highest BCUT2D eigenvalue weighted by molar-refractivity contribution is 7.91. The third-order valence-corrected chi connectivity index (χ3v) is 9.76. The molecule has 1 atom stereocenters. The van der Waals surface area contributed by atoms with Gasteiger partial charge in [-0.05, 0) is 61.4 Å². The maximum atomic E-state index is 12.5. The third kappa shape index (κ3) is 5.62. The lowest BCUT2D eigenvalue weighted by Gasteiger charge is -2.19. The van der Waals surface area contributed by atoms with Crippen molar-refractivity contribution >= 4 is 19.7 Å². The summed E-state index contributed by atoms with van der Waals surface area (Å²) < 4.78 is 56.8. The molecule has 38 heavy (non-hydrogen) atoms. The number of sulfone groups is 2. The molecule has 0 N–H and O–H groups in total. The highest BCUT2D eigenvalue weighted by Crippen LogP contribution is 2.34. The number of nitrogens with zero attached hydrogens (tertiary/aromatic N) is 1. The first kappa shape index (κ1) is 27.8. The third-order valence-electron chi connectivity index (χ3n) is 6.90. The minimum Gasteiger partial charge on any atom is -0.376 e. The monoisotopic (exact) mass is 551 g/mol. The predicted octanol–water partition coefficient (Wildman–Crippen LogP) is 5.89. The number of benzene rings is 3. The molecule has 0 aliphatic carbocycles. The van der Waals surface area contributed by atoms with Crippen LogP contribution in [0.5, 0.6) is 0 Å². The van der Waals surface area contributed by atoms with E-state index in [1.54, 1.807) is 44.4 Å². The Morgan fingerprint density at radius 1 is 0.842 bits per heavy atom. The zero-order chi connectivity index (χ0) is 27.7. The van der Waals surface area contributed by atoms with Crippen molar-refractivity contribution in [2.24, 2.45) is 0 Å². The Bertz CT molecular complexity index is 1670. The van der Waals surface area contributed by atoms with Gasteiger partial charge in [-0.2, -0.15) is 0 Å². The molecular weight excluding hydrogens is 518 g/mol. The van der Waals surface area contributed by atoms with E-state index in [2.05, 4.69) is 17.6 Å². The molecule has 8 heteroatoms. The van der Waals surface area contributed by atoms with Gasteiger partial charge in [0.1, 0.15) is 0 Å². The average molecular weight is 552 g/mol. The summed E-state index contributed by atoms with van der Waals surface area (Å²) in [6, 6.07) is 24.1. The van der Waals surface area contributed by atoms with Crippen LogP contribution in [0.25, 0.3) is 16.8 Å². The second kappa shape index (κ2) is 10.9. The van der Waals surface area contributed by atoms with Gasteiger partial charge in [-0.25, -0.2) is 16.8 Å². The molecule has 0 saturated carbocycles. The molecule has 0 unspecified atom stereocenters. The summed E-state index contributed by atoms with van der Waals surface area (Å²) >= 11 is 0. The van der Waals surface area contributed by atoms with Gasteiger partial charge in [0.05, 0.1) is 27.3 Å². The van der Waals surface area contributed by atoms with E-state index in [1.807, 2.05) is 49.4 Å². The molecule has 0 aliphatic rings. The fourth-order valence-corrected chi connectivity index (χ4v) is 6.38. The van der Waals surface area contributed by atoms with E-state index in [-0.39, 0.29) is 11.9 Å². The van der Waals surface area contributed by atoms with Gasteiger partial charge in [0, 0.05) is 42.3 Å². The molecule has 0 amide bonds. The van der Waals surface area contributed by atoms with Crippen LogP contribution in [-0.4, -0.2) is 40.5 Å². The van der Waals surface area contributed by atoms with E-state index in [0.29, 0.717) is 16.2 Å². The van der Waals surface area contributed by atoms with Crippen LogP contribution in [-0.2, 0) is 30.8 Å². The molecule has 0 bridgehead atoms. The van der Waals surface area contributed by atoms with Gasteiger partial charge in [0.25, 0.3) is 0 Å². The lowest BCUT2D eigenvalue weighted by atomic mass is 10.0. The fourth-order valence-electron chi connectivity index (χ4n) is 4.83. The minimum absolute atomic E-state index is 0.0483. The summed E-state index contributed by atoms with van der Waals surface area (Å²) in [6.45, 7) is 5.74. The molecule has 200 valence electrons. The van der Waals surface area contributed by atoms with Crippen LogP contribution in [0.3, 0.4) is 0 Å². The standard InChI is InChI=1S/C30H33NO5S2/c1-6-38(34,35)26-11-9-10-24(20-26)27-12-7-8-13-29(27)31-21(2)18-28(22(31)3)30(36-4)19-23-14-16-25(17-15-23)37(5,32)33/h7-18,20,30H,6,19H2,1-5H3/t30-/m1/s1. The van der Waals surface area contributed by atoms with Crippen LogP contribution in [0, 0.1) is 13.8 Å². The molecule has 0 spiro atoms. The van der Waals surface area contributed by atoms with Crippen molar-refractivity contribution in [1.29, 1.82) is 0 Å². The number of hydrogen-bond acceptors (Lipinski definition) is 5. The summed E-state index contributed by atoms with van der Waals surface area (Å²) in [5, 5.41) is 0. The summed E-state index contributed by atoms with van der Waals surface area (Å²) in [6.07, 6.45) is 1.55. The topological polar surface area (TPSA) is 82.4 Å². The normalized spacial score (nSPS) is 13.0. The van der Waals surface area contributed by atoms with E-state index in [1.165, 1.54) is 6.26 Å². The molecule has 1 aromatic heterocycles. The van der Waals surface area contributed by atoms with Crippen LogP contribution in [0.15, 0.2) is 88.7 Å². The summed E-state index contributed by atoms with van der Waals surface area (Å²) in [4.78, 5) is 0.607. The summed E-state index contributed by atoms with van der Waals surface area (Å²) in [5.74, 6) is 0.0483. The van der Waals surface area contributed by atoms with E-state index < -0.39 is 19.7 Å². The van der Waals surface area contributed by atoms with Gasteiger partial charge in [0.2, 0.25) is 0 Å². The largest absolute Gasteiger partial charge is 0.376 e. The molecule has 0 aliphatic heterocycles. The van der Waals surface area contributed by atoms with Crippen LogP contribution in [0.4, 0.5) is 0 Å². The Hall–Kier alpha value is -3.20. The number of hydrogen-bond donors (Lipinski definition) is 0. The highest BCUT2D eigenvalue weighted by atomic mass is 32.2. The van der Waals surface area contributed by atoms with Gasteiger partial charge in [-0.3, -0.25) is 0 Å². The number of aryl methyl sites for hydroxylation is 1. The Morgan fingerprint density at radius 2 is 1.53 bits per heavy atom. The Kier molecular flexibility index (Phi) is 7.97. The van der Waals surface area contributed by atoms with E-state index in [0.717, 1.165) is 39.3 Å². The van der Waals surface area contributed by atoms with Crippen molar-refractivity contribution in [1.82, 2.24) is 4.57 Å². The van der Waals surface area contributed by atoms with Crippen molar-refractivity contribution in [3.63, 3.8) is 0 Å². The summed E-state index contributed by atoms with van der Waals surface area (Å²) in [7, 11) is -4.91. The maximum Gasteiger partial charge on any atom is 0.178 e. The lowest BCUT2D eigenvalue weighted by Crippen LogP contribution is -2.08. The second-order valence-electron chi connectivity index (χ2n) is 9.45. The number of rotatable bonds is 9. The maximum absolute atomic E-state index is 12.5. The van der Waals surface area contributed by atoms with Gasteiger partial charge >= 0.3 is 0 Å². The quantitative estimate of drug-likeness (QED) is 0.259. The van der Waals surface area contributed by atoms with Crippen molar-refractivity contribution < 1.29 is 21.6 Å². The molecule has 4 rings (SSSR count). The molecular formula is C30H33NO5S2. The molecule has 0 fully saturated rings. The van der Waals surface area contributed by atoms with Gasteiger partial charge in [0.15, 0.2) is 19.7 Å². The minimum atomic E-state index is -3.33. The van der Waals surface area contributed by atoms with Crippen LogP contribution < -0.4 is 0 Å². The molecule has 0 radical (unpaired) electrons. The SMILES string of the molecule is CCS(=O)(=O)c1cccc(-c2ccccc2-n2c(C)cc([C@@H](Cc3ccc(S(C)(=O)=O)cc3)OC)c2C)c1. The summed E-state index contributed by atoms with van der Waals surface area (Å²) in [5.41, 5.74) is 6.77. The second-order valence-corrected chi connectivity index (χ2v) is 13.7. The average Bonchev–Trinajstić information content (AvgIpc) is 3.20. The van der Waals surface area contributed by atoms with E-state index in [4.69, 9.17) is 4.74 Å². The Morgan fingerprint density at radius 3 is 2.16 bits per heavy atom. The first-order valence-electron chi connectivity index (χ1n) is 12.4. The van der Waals surface area contributed by atoms with E-state index >= 15 is 0 Å². The van der Waals surface area contributed by atoms with Crippen LogP contribution in [0.1, 0.15) is 35.5 Å². The first-order chi connectivity index (χ1) is 18.0. The smallest absolute Gasteiger partial charge is 0.178 e. The number of ether oxygens (including phenoxy) is 1. The van der Waals surface area contributed by atoms with Gasteiger partial charge in [-0.15, -0.1) is 0 Å². The van der Waals surface area contributed by atoms with Crippen molar-refractivity contribution in [3.8, 4) is 16.8 Å². The lowest BCUT2D eigenvalue weighted by molar-refractivity contribution is 0.103. The highest BCUT2D eigenvalue weighted by Gasteiger charge is 2.22. The number of aromatic nitrogens is 1. The van der Waals surface area contributed by atoms with E-state index in [9.17, 15) is 16.8 Å². The van der Waals surface area contributed by atoms with Crippen molar-refractivity contribution in [2.75, 3.05) is 19.1 Å². The molecule has 4 aromatic rings. The van der Waals surface area contributed by atoms with Crippen molar-refractivity contribution in [3.05, 3.63) is 101 Å². The van der Waals surface area contributed by atoms with Crippen LogP contribution in [0.2, 0.25) is 0 Å². The van der Waals surface area contributed by atoms with Crippen LogP contribution >= 0.6 is 0 Å². The Labute approximate surface area is 225 Å². The number of para-hydroxylation sites is 1. The van der Waals surface area contributed by atoms with Gasteiger partial charge in [-0.1, -0.05) is 49.4 Å². The molecule has 0 saturated heterocycles.